The minimum atomic E-state index is -2.27. The number of nitrogens with one attached hydrogen (secondary N) is 5. The van der Waals surface area contributed by atoms with Crippen LogP contribution in [0.5, 0.6) is 46.0 Å². The lowest BCUT2D eigenvalue weighted by Gasteiger charge is -2.48. The highest BCUT2D eigenvalue weighted by Gasteiger charge is 2.53. The summed E-state index contributed by atoms with van der Waals surface area (Å²) in [6.07, 6.45) is -19.0. The predicted octanol–water partition coefficient (Wildman–Crippen LogP) is 5.20. The van der Waals surface area contributed by atoms with Crippen LogP contribution >= 0.6 is 23.2 Å². The number of Topliss-reactive ketones (excluding diaryl/α,β-unsaturated/α-hetero) is 2. The van der Waals surface area contributed by atoms with Gasteiger partial charge in [-0.2, -0.15) is 0 Å². The van der Waals surface area contributed by atoms with Gasteiger partial charge in [0.25, 0.3) is 0 Å². The molecule has 33 nitrogen and oxygen atoms in total. The SMILES string of the molecule is CCCCCCOC(CNC1(C)CC(OC2C(Oc3c4cc5cc3Oc3ccc(cc3Cl)[C@@H](O)[C@@H]3NC(=O)C(CC(=O)C5NC(=O)C(CC(N)=O)CC(=O)[C@@H](NC(=O)[C@H](CC)CC(C)C)C(O)c5ccc(c(Cl)c5)O4)c4ccc(O)c(c4)-c4c(O)cc(O)cc4C(C(=O)O)NC3=O)OC(CO)C(O)C2O)OC(C)C1O)C(=O)O. The summed E-state index contributed by atoms with van der Waals surface area (Å²) in [7, 11) is 0. The zero-order chi connectivity index (χ0) is 82.4. The molecule has 5 amide bonds. The number of rotatable bonds is 23. The molecule has 12 rings (SSSR count). The molecular weight excluding hydrogens is 1520 g/mol. The van der Waals surface area contributed by atoms with Crippen LogP contribution in [0.1, 0.15) is 164 Å². The molecule has 0 radical (unpaired) electrons. The standard InChI is InChI=1S/C78H94Cl2N6O27/c1-7-9-10-11-18-107-55(75(103)104)31-82-78(6)30-58(108-34(5)70(78)98)112-69-67(97)66(96)56(32-87)111-77(69)113-68-53-24-39-25-54(68)110-52-17-14-38(22-46(52)80)65(95)63-74(102)84-61(76(105)106)44-27-41(88)28-48(90)59(44)43-20-36(12-15-47(43)89)42(73(101)86-63)29-50(92)60(39)83-72(100)40(26-57(81)93)23-49(91)62(85-71(99)35(8-2)19-33(3)4)64(94)37-13-16-51(109-53)45(79)21-37/h12-17,20-22,24-25,27-28,33-35,40,42,55-56,58,60-67,69-70,77,82,87-90,94-98H,7-11,18-19,23,26,29-32H2,1-6H3,(H2,81,93)(H,83,100)(H,84,102)(H,85,99)(H,86,101)(H,103,104)(H,105,106)/t34?,35-,40?,42?,55?,56?,58?,60?,61?,62-,63+,64?,65-,66?,67?,69?,70?,77?,78?/m1/s1. The Kier molecular flexibility index (Phi) is 28.1. The fourth-order valence-electron chi connectivity index (χ4n) is 14.7. The van der Waals surface area contributed by atoms with E-state index in [1.807, 2.05) is 20.8 Å². The zero-order valence-electron chi connectivity index (χ0n) is 62.5. The number of hydrogen-bond acceptors (Lipinski definition) is 26. The number of halogens is 2. The molecule has 19 atom stereocenters. The van der Waals surface area contributed by atoms with Crippen LogP contribution in [0.2, 0.25) is 10.0 Å². The Labute approximate surface area is 658 Å². The molecule has 612 valence electrons. The summed E-state index contributed by atoms with van der Waals surface area (Å²) >= 11 is 14.3. The molecule has 113 heavy (non-hydrogen) atoms. The number of aliphatic carboxylic acids is 2. The molecule has 7 aliphatic heterocycles. The van der Waals surface area contributed by atoms with E-state index in [-0.39, 0.29) is 59.4 Å². The fourth-order valence-corrected chi connectivity index (χ4v) is 15.1. The van der Waals surface area contributed by atoms with E-state index in [0.717, 1.165) is 79.9 Å². The zero-order valence-corrected chi connectivity index (χ0v) is 64.0. The summed E-state index contributed by atoms with van der Waals surface area (Å²) in [4.78, 5) is 131. The smallest absolute Gasteiger partial charge is 0.334 e. The Bertz CT molecular complexity index is 4400. The molecule has 35 heteroatoms. The highest BCUT2D eigenvalue weighted by molar-refractivity contribution is 6.32. The van der Waals surface area contributed by atoms with E-state index in [1.54, 1.807) is 13.8 Å². The monoisotopic (exact) mass is 1620 g/mol. The number of phenols is 3. The molecule has 2 saturated heterocycles. The maximum atomic E-state index is 16.3. The van der Waals surface area contributed by atoms with Gasteiger partial charge in [0.15, 0.2) is 47.6 Å². The van der Waals surface area contributed by atoms with Crippen LogP contribution in [0.4, 0.5) is 0 Å². The number of carboxylic acid groups (broad SMARTS) is 2. The summed E-state index contributed by atoms with van der Waals surface area (Å²) in [5.41, 5.74) is 1.83. The fraction of sp³-hybridized carbons (Fsp3) is 0.500. The molecule has 5 aromatic carbocycles. The average molecular weight is 1620 g/mol. The van der Waals surface area contributed by atoms with Crippen molar-refractivity contribution in [3.8, 4) is 57.1 Å². The number of carbonyl (C=O) groups excluding carboxylic acids is 7. The van der Waals surface area contributed by atoms with Gasteiger partial charge in [0.1, 0.15) is 77.4 Å². The van der Waals surface area contributed by atoms with Crippen LogP contribution in [0.15, 0.2) is 78.9 Å². The summed E-state index contributed by atoms with van der Waals surface area (Å²) in [5, 5.41) is 139. The van der Waals surface area contributed by atoms with E-state index in [0.29, 0.717) is 12.8 Å². The van der Waals surface area contributed by atoms with Crippen LogP contribution in [-0.2, 0) is 62.1 Å². The summed E-state index contributed by atoms with van der Waals surface area (Å²) in [5.74, 6) is -20.7. The summed E-state index contributed by atoms with van der Waals surface area (Å²) in [6, 6.07) is 5.39. The summed E-state index contributed by atoms with van der Waals surface area (Å²) < 4.78 is 44.9. The Morgan fingerprint density at radius 1 is 0.726 bits per heavy atom. The Morgan fingerprint density at radius 2 is 1.38 bits per heavy atom. The molecule has 7 heterocycles. The minimum absolute atomic E-state index is 0.0326. The summed E-state index contributed by atoms with van der Waals surface area (Å²) in [6.45, 7) is 9.32. The van der Waals surface area contributed by atoms with Crippen LogP contribution in [0.25, 0.3) is 11.1 Å². The van der Waals surface area contributed by atoms with Gasteiger partial charge in [0.05, 0.1) is 40.7 Å². The van der Waals surface area contributed by atoms with Crippen molar-refractivity contribution in [2.24, 2.45) is 23.5 Å². The molecule has 0 aliphatic carbocycles. The minimum Gasteiger partial charge on any atom is -0.508 e. The highest BCUT2D eigenvalue weighted by atomic mass is 35.5. The number of primary amides is 1. The number of benzene rings is 5. The average Bonchev–Trinajstić information content (AvgIpc) is 0.769. The van der Waals surface area contributed by atoms with Gasteiger partial charge < -0.3 is 122 Å². The number of aliphatic hydroxyl groups excluding tert-OH is 6. The van der Waals surface area contributed by atoms with Crippen molar-refractivity contribution in [3.63, 3.8) is 0 Å². The second-order valence-electron chi connectivity index (χ2n) is 29.6. The van der Waals surface area contributed by atoms with Gasteiger partial charge in [0, 0.05) is 73.0 Å². The van der Waals surface area contributed by atoms with Gasteiger partial charge in [-0.15, -0.1) is 0 Å². The van der Waals surface area contributed by atoms with Gasteiger partial charge in [0.2, 0.25) is 41.6 Å². The molecule has 0 aromatic heterocycles. The molecule has 18 N–H and O–H groups in total. The first-order chi connectivity index (χ1) is 53.5. The predicted molar refractivity (Wildman–Crippen MR) is 398 cm³/mol. The third-order valence-electron chi connectivity index (χ3n) is 20.9. The van der Waals surface area contributed by atoms with Crippen molar-refractivity contribution in [1.82, 2.24) is 26.6 Å². The van der Waals surface area contributed by atoms with Crippen molar-refractivity contribution >= 4 is 76.2 Å². The topological polar surface area (TPSA) is 527 Å². The van der Waals surface area contributed by atoms with E-state index in [2.05, 4.69) is 26.6 Å². The number of aromatic hydroxyl groups is 3. The number of nitrogens with two attached hydrogens (primary N) is 1. The Balaban J connectivity index is 1.20. The molecule has 11 bridgehead atoms. The Morgan fingerprint density at radius 3 is 1.98 bits per heavy atom. The number of ketones is 2. The van der Waals surface area contributed by atoms with Crippen molar-refractivity contribution < 1.29 is 132 Å². The van der Waals surface area contributed by atoms with Crippen molar-refractivity contribution in [2.45, 2.75) is 209 Å². The number of aliphatic hydroxyl groups is 6. The number of carbonyl (C=O) groups is 9. The third kappa shape index (κ3) is 19.7. The van der Waals surface area contributed by atoms with E-state index in [1.165, 1.54) is 25.1 Å². The number of carboxylic acids is 2. The second kappa shape index (κ2) is 36.9. The van der Waals surface area contributed by atoms with Crippen LogP contribution in [0.3, 0.4) is 0 Å². The molecule has 7 aliphatic rings. The molecule has 0 spiro atoms. The first-order valence-electron chi connectivity index (χ1n) is 37.1. The number of phenolic OH excluding ortho intramolecular Hbond substituents is 3. The maximum absolute atomic E-state index is 16.3. The molecule has 2 fully saturated rings. The van der Waals surface area contributed by atoms with E-state index in [9.17, 15) is 80.1 Å². The largest absolute Gasteiger partial charge is 0.508 e. The van der Waals surface area contributed by atoms with Crippen molar-refractivity contribution in [1.29, 1.82) is 0 Å². The third-order valence-corrected chi connectivity index (χ3v) is 21.4. The number of fused-ring (bicyclic) bond motifs is 15. The van der Waals surface area contributed by atoms with Crippen LogP contribution in [-0.4, -0.2) is 202 Å². The van der Waals surface area contributed by atoms with Gasteiger partial charge in [-0.25, -0.2) is 9.59 Å². The quantitative estimate of drug-likeness (QED) is 0.0374. The second-order valence-corrected chi connectivity index (χ2v) is 30.4. The van der Waals surface area contributed by atoms with Crippen LogP contribution in [0, 0.1) is 17.8 Å². The van der Waals surface area contributed by atoms with E-state index in [4.69, 9.17) is 62.1 Å². The number of hydrogen-bond donors (Lipinski definition) is 17. The van der Waals surface area contributed by atoms with E-state index >= 15 is 19.2 Å². The molecular formula is C78H94Cl2N6O27. The first-order valence-corrected chi connectivity index (χ1v) is 37.8. The van der Waals surface area contributed by atoms with E-state index < -0.39 is 261 Å². The van der Waals surface area contributed by atoms with Crippen molar-refractivity contribution in [2.75, 3.05) is 19.8 Å². The molecule has 5 aromatic rings. The van der Waals surface area contributed by atoms with Gasteiger partial charge in [-0.3, -0.25) is 33.6 Å². The van der Waals surface area contributed by atoms with Gasteiger partial charge in [-0.05, 0) is 116 Å². The van der Waals surface area contributed by atoms with Gasteiger partial charge in [-0.1, -0.05) is 88.4 Å². The normalized spacial score (nSPS) is 28.0. The van der Waals surface area contributed by atoms with Crippen LogP contribution < -0.4 is 46.5 Å². The number of amides is 5. The first kappa shape index (κ1) is 86.1. The molecule has 15 unspecified atom stereocenters. The molecule has 0 saturated carbocycles. The number of ether oxygens (including phenoxy) is 7. The maximum Gasteiger partial charge on any atom is 0.334 e. The Hall–Kier alpha value is -9.33. The highest BCUT2D eigenvalue weighted by Crippen LogP contribution is 2.51. The number of unbranched alkanes of at least 4 members (excludes halogenated alkanes) is 3. The van der Waals surface area contributed by atoms with Gasteiger partial charge >= 0.3 is 11.9 Å². The lowest BCUT2D eigenvalue weighted by molar-refractivity contribution is -0.334. The lowest BCUT2D eigenvalue weighted by Crippen LogP contribution is -2.66. The lowest BCUT2D eigenvalue weighted by atomic mass is 9.84. The van der Waals surface area contributed by atoms with Crippen molar-refractivity contribution in [3.05, 3.63) is 117 Å².